The van der Waals surface area contributed by atoms with Gasteiger partial charge >= 0.3 is 0 Å². The third kappa shape index (κ3) is 2.76. The molecule has 0 aromatic heterocycles. The number of hydrogen-bond acceptors (Lipinski definition) is 7. The van der Waals surface area contributed by atoms with Crippen LogP contribution >= 0.6 is 0 Å². The first-order valence-electron chi connectivity index (χ1n) is 5.11. The molecule has 1 fully saturated rings. The molecule has 0 atom stereocenters. The van der Waals surface area contributed by atoms with Crippen molar-refractivity contribution in [1.82, 2.24) is 15.2 Å². The summed E-state index contributed by atoms with van der Waals surface area (Å²) in [5, 5.41) is 4.65. The molecule has 7 nitrogen and oxygen atoms in total. The molecule has 0 amide bonds. The maximum atomic E-state index is 11.8. The lowest BCUT2D eigenvalue weighted by Gasteiger charge is -2.43. The van der Waals surface area contributed by atoms with Gasteiger partial charge in [0.1, 0.15) is 13.3 Å². The molecule has 0 radical (unpaired) electrons. The van der Waals surface area contributed by atoms with E-state index in [2.05, 4.69) is 0 Å². The van der Waals surface area contributed by atoms with Gasteiger partial charge in [0.05, 0.1) is 21.3 Å². The van der Waals surface area contributed by atoms with Crippen molar-refractivity contribution in [2.45, 2.75) is 19.5 Å². The van der Waals surface area contributed by atoms with Crippen LogP contribution in [0.15, 0.2) is 0 Å². The predicted octanol–water partition coefficient (Wildman–Crippen LogP) is -0.190. The number of rotatable bonds is 5. The average molecular weight is 233 g/mol. The van der Waals surface area contributed by atoms with Crippen LogP contribution < -0.4 is 0 Å². The highest BCUT2D eigenvalue weighted by Gasteiger charge is 2.38. The van der Waals surface area contributed by atoms with Crippen LogP contribution in [-0.2, 0) is 19.3 Å². The van der Waals surface area contributed by atoms with Crippen molar-refractivity contribution in [2.75, 3.05) is 34.7 Å². The quantitative estimate of drug-likeness (QED) is 0.652. The van der Waals surface area contributed by atoms with Crippen LogP contribution in [0.4, 0.5) is 0 Å². The molecule has 1 saturated heterocycles. The van der Waals surface area contributed by atoms with E-state index in [9.17, 15) is 4.79 Å². The van der Waals surface area contributed by atoms with E-state index in [1.165, 1.54) is 24.3 Å². The zero-order valence-electron chi connectivity index (χ0n) is 10.2. The molecule has 1 aliphatic heterocycles. The Bertz CT molecular complexity index is 225. The normalized spacial score (nSPS) is 21.5. The van der Waals surface area contributed by atoms with Crippen LogP contribution in [0.25, 0.3) is 0 Å². The SMILES string of the molecule is CCC(=O)C1N(OC)CN(OC)CN1OC. The summed E-state index contributed by atoms with van der Waals surface area (Å²) in [6.45, 7) is 2.60. The number of hydroxylamine groups is 6. The van der Waals surface area contributed by atoms with Gasteiger partial charge in [-0.05, 0) is 0 Å². The predicted molar refractivity (Wildman–Crippen MR) is 55.4 cm³/mol. The Morgan fingerprint density at radius 3 is 1.94 bits per heavy atom. The van der Waals surface area contributed by atoms with Crippen LogP contribution in [0.2, 0.25) is 0 Å². The number of Topliss-reactive ketones (excluding diaryl/α,β-unsaturated/α-hetero) is 1. The molecule has 1 aliphatic rings. The Morgan fingerprint density at radius 2 is 1.62 bits per heavy atom. The van der Waals surface area contributed by atoms with Gasteiger partial charge in [-0.2, -0.15) is 5.06 Å². The van der Waals surface area contributed by atoms with Crippen molar-refractivity contribution >= 4 is 5.78 Å². The summed E-state index contributed by atoms with van der Waals surface area (Å²) in [6, 6.07) is 0. The van der Waals surface area contributed by atoms with Crippen LogP contribution in [0.5, 0.6) is 0 Å². The first-order chi connectivity index (χ1) is 7.67. The molecule has 0 aromatic rings. The third-order valence-electron chi connectivity index (χ3n) is 2.50. The number of carbonyl (C=O) groups is 1. The molecule has 1 rings (SSSR count). The number of carbonyl (C=O) groups excluding carboxylic acids is 1. The molecule has 0 saturated carbocycles. The van der Waals surface area contributed by atoms with Crippen LogP contribution in [-0.4, -0.2) is 61.8 Å². The summed E-state index contributed by atoms with van der Waals surface area (Å²) in [5.41, 5.74) is 0. The van der Waals surface area contributed by atoms with E-state index in [0.29, 0.717) is 19.8 Å². The molecule has 1 heterocycles. The zero-order valence-corrected chi connectivity index (χ0v) is 10.2. The van der Waals surface area contributed by atoms with Gasteiger partial charge in [-0.15, -0.1) is 10.1 Å². The monoisotopic (exact) mass is 233 g/mol. The minimum absolute atomic E-state index is 0.0412. The van der Waals surface area contributed by atoms with E-state index in [-0.39, 0.29) is 5.78 Å². The summed E-state index contributed by atoms with van der Waals surface area (Å²) >= 11 is 0. The maximum absolute atomic E-state index is 11.8. The largest absolute Gasteiger partial charge is 0.300 e. The highest BCUT2D eigenvalue weighted by molar-refractivity contribution is 5.83. The van der Waals surface area contributed by atoms with Gasteiger partial charge in [-0.3, -0.25) is 19.3 Å². The summed E-state index contributed by atoms with van der Waals surface area (Å²) in [6.07, 6.45) is -0.0939. The maximum Gasteiger partial charge on any atom is 0.171 e. The fourth-order valence-electron chi connectivity index (χ4n) is 1.59. The Labute approximate surface area is 95.3 Å². The van der Waals surface area contributed by atoms with Gasteiger partial charge in [0.2, 0.25) is 0 Å². The van der Waals surface area contributed by atoms with Gasteiger partial charge in [0, 0.05) is 6.42 Å². The van der Waals surface area contributed by atoms with Crippen molar-refractivity contribution in [3.63, 3.8) is 0 Å². The second-order valence-electron chi connectivity index (χ2n) is 3.34. The lowest BCUT2D eigenvalue weighted by molar-refractivity contribution is -0.368. The summed E-state index contributed by atoms with van der Waals surface area (Å²) in [5.74, 6) is 0.0412. The topological polar surface area (TPSA) is 54.5 Å². The molecule has 0 unspecified atom stereocenters. The second kappa shape index (κ2) is 6.24. The first-order valence-corrected chi connectivity index (χ1v) is 5.11. The molecular formula is C9H19N3O4. The molecule has 94 valence electrons. The van der Waals surface area contributed by atoms with E-state index >= 15 is 0 Å². The summed E-state index contributed by atoms with van der Waals surface area (Å²) in [7, 11) is 4.59. The van der Waals surface area contributed by atoms with Crippen LogP contribution in [0.3, 0.4) is 0 Å². The Morgan fingerprint density at radius 1 is 1.12 bits per heavy atom. The Kier molecular flexibility index (Phi) is 5.26. The number of nitrogens with zero attached hydrogens (tertiary/aromatic N) is 3. The van der Waals surface area contributed by atoms with Crippen molar-refractivity contribution in [3.8, 4) is 0 Å². The Balaban J connectivity index is 2.80. The van der Waals surface area contributed by atoms with Crippen molar-refractivity contribution < 1.29 is 19.3 Å². The molecule has 0 aromatic carbocycles. The lowest BCUT2D eigenvalue weighted by Crippen LogP contribution is -2.62. The fraction of sp³-hybridized carbons (Fsp3) is 0.889. The van der Waals surface area contributed by atoms with E-state index < -0.39 is 6.17 Å². The van der Waals surface area contributed by atoms with Gasteiger partial charge in [-0.1, -0.05) is 6.92 Å². The molecule has 0 N–H and O–H groups in total. The molecule has 0 bridgehead atoms. The molecule has 0 spiro atoms. The van der Waals surface area contributed by atoms with Gasteiger partial charge in [0.15, 0.2) is 11.9 Å². The average Bonchev–Trinajstić information content (AvgIpc) is 2.35. The standard InChI is InChI=1S/C9H19N3O4/c1-5-8(13)9-11(15-3)6-10(14-2)7-12(9)16-4/h9H,5-7H2,1-4H3. The second-order valence-corrected chi connectivity index (χ2v) is 3.34. The lowest BCUT2D eigenvalue weighted by atomic mass is 10.2. The van der Waals surface area contributed by atoms with Crippen molar-refractivity contribution in [1.29, 1.82) is 0 Å². The minimum atomic E-state index is -0.522. The number of hydrogen-bond donors (Lipinski definition) is 0. The van der Waals surface area contributed by atoms with Gasteiger partial charge in [-0.25, -0.2) is 0 Å². The smallest absolute Gasteiger partial charge is 0.171 e. The van der Waals surface area contributed by atoms with Gasteiger partial charge < -0.3 is 0 Å². The summed E-state index contributed by atoms with van der Waals surface area (Å²) < 4.78 is 0. The molecular weight excluding hydrogens is 214 g/mol. The molecule has 0 aliphatic carbocycles. The fourth-order valence-corrected chi connectivity index (χ4v) is 1.59. The zero-order chi connectivity index (χ0) is 12.1. The van der Waals surface area contributed by atoms with E-state index in [1.807, 2.05) is 6.92 Å². The third-order valence-corrected chi connectivity index (χ3v) is 2.50. The highest BCUT2D eigenvalue weighted by Crippen LogP contribution is 2.17. The number of ketones is 1. The van der Waals surface area contributed by atoms with E-state index in [0.717, 1.165) is 0 Å². The minimum Gasteiger partial charge on any atom is -0.300 e. The molecule has 16 heavy (non-hydrogen) atoms. The summed E-state index contributed by atoms with van der Waals surface area (Å²) in [4.78, 5) is 27.2. The van der Waals surface area contributed by atoms with Crippen molar-refractivity contribution in [2.24, 2.45) is 0 Å². The van der Waals surface area contributed by atoms with Crippen LogP contribution in [0, 0.1) is 0 Å². The van der Waals surface area contributed by atoms with E-state index in [1.54, 1.807) is 12.2 Å². The molecule has 7 heteroatoms. The van der Waals surface area contributed by atoms with Gasteiger partial charge in [0.25, 0.3) is 0 Å². The Hall–Kier alpha value is -0.570. The van der Waals surface area contributed by atoms with Crippen molar-refractivity contribution in [3.05, 3.63) is 0 Å². The first kappa shape index (κ1) is 13.5. The van der Waals surface area contributed by atoms with Crippen LogP contribution in [0.1, 0.15) is 13.3 Å². The highest BCUT2D eigenvalue weighted by atomic mass is 16.8. The van der Waals surface area contributed by atoms with E-state index in [4.69, 9.17) is 14.5 Å².